The molecule has 2 heterocycles. The molecule has 1 aliphatic heterocycles. The Balaban J connectivity index is 0.00000341. The largest absolute Gasteiger partial charge is 0.481 e. The number of rotatable bonds is 8. The Bertz CT molecular complexity index is 799. The van der Waals surface area contributed by atoms with Gasteiger partial charge in [-0.25, -0.2) is 14.4 Å². The van der Waals surface area contributed by atoms with E-state index in [2.05, 4.69) is 25.5 Å². The molecule has 9 heteroatoms. The standard InChI is InChI=1S/C22H30FN5O2.HI/c1-3-24-22(26-15-17-4-9-21(29-2)25-14-17)27-16-20(28-10-12-30-13-11-28)18-5-7-19(23)8-6-18;/h4-9,14,20H,3,10-13,15-16H2,1-2H3,(H2,24,26,27);1H. The normalized spacial score (nSPS) is 15.6. The van der Waals surface area contributed by atoms with Crippen molar-refractivity contribution in [3.05, 3.63) is 59.5 Å². The van der Waals surface area contributed by atoms with E-state index in [0.29, 0.717) is 32.2 Å². The molecule has 31 heavy (non-hydrogen) atoms. The van der Waals surface area contributed by atoms with Gasteiger partial charge in [-0.2, -0.15) is 0 Å². The molecule has 1 aliphatic rings. The van der Waals surface area contributed by atoms with Crippen LogP contribution in [0.1, 0.15) is 24.1 Å². The maximum atomic E-state index is 13.4. The SMILES string of the molecule is CCNC(=NCc1ccc(OC)nc1)NCC(c1ccc(F)cc1)N1CCOCC1.I. The summed E-state index contributed by atoms with van der Waals surface area (Å²) in [4.78, 5) is 11.3. The summed E-state index contributed by atoms with van der Waals surface area (Å²) >= 11 is 0. The number of guanidine groups is 1. The van der Waals surface area contributed by atoms with Gasteiger partial charge in [-0.1, -0.05) is 18.2 Å². The van der Waals surface area contributed by atoms with E-state index in [1.54, 1.807) is 13.3 Å². The number of hydrogen-bond donors (Lipinski definition) is 2. The quantitative estimate of drug-likeness (QED) is 0.303. The molecule has 0 spiro atoms. The third kappa shape index (κ3) is 7.89. The van der Waals surface area contributed by atoms with Crippen molar-refractivity contribution in [2.45, 2.75) is 19.5 Å². The van der Waals surface area contributed by atoms with E-state index in [1.165, 1.54) is 12.1 Å². The fourth-order valence-electron chi connectivity index (χ4n) is 3.36. The van der Waals surface area contributed by atoms with Gasteiger partial charge in [0.25, 0.3) is 0 Å². The number of halogens is 2. The van der Waals surface area contributed by atoms with Crippen molar-refractivity contribution >= 4 is 29.9 Å². The highest BCUT2D eigenvalue weighted by Gasteiger charge is 2.23. The van der Waals surface area contributed by atoms with Crippen LogP contribution in [0, 0.1) is 5.82 Å². The first-order valence-electron chi connectivity index (χ1n) is 10.3. The Morgan fingerprint density at radius 1 is 1.19 bits per heavy atom. The third-order valence-corrected chi connectivity index (χ3v) is 4.97. The molecule has 2 N–H and O–H groups in total. The Morgan fingerprint density at radius 2 is 1.94 bits per heavy atom. The summed E-state index contributed by atoms with van der Waals surface area (Å²) in [5.41, 5.74) is 2.07. The minimum Gasteiger partial charge on any atom is -0.481 e. The molecule has 170 valence electrons. The number of aromatic nitrogens is 1. The van der Waals surface area contributed by atoms with Crippen molar-refractivity contribution in [1.29, 1.82) is 0 Å². The minimum absolute atomic E-state index is 0. The van der Waals surface area contributed by atoms with Crippen molar-refractivity contribution in [2.24, 2.45) is 4.99 Å². The minimum atomic E-state index is -0.226. The first-order valence-corrected chi connectivity index (χ1v) is 10.3. The number of hydrogen-bond acceptors (Lipinski definition) is 5. The molecule has 1 saturated heterocycles. The summed E-state index contributed by atoms with van der Waals surface area (Å²) in [6.07, 6.45) is 1.76. The summed E-state index contributed by atoms with van der Waals surface area (Å²) in [6.45, 7) is 7.04. The van der Waals surface area contributed by atoms with Crippen molar-refractivity contribution in [1.82, 2.24) is 20.5 Å². The van der Waals surface area contributed by atoms with Crippen LogP contribution in [0.4, 0.5) is 4.39 Å². The number of morpholine rings is 1. The summed E-state index contributed by atoms with van der Waals surface area (Å²) in [5.74, 6) is 1.09. The Kier molecular flexibility index (Phi) is 11.0. The maximum Gasteiger partial charge on any atom is 0.212 e. The van der Waals surface area contributed by atoms with Crippen LogP contribution in [-0.2, 0) is 11.3 Å². The second kappa shape index (κ2) is 13.4. The van der Waals surface area contributed by atoms with E-state index < -0.39 is 0 Å². The highest BCUT2D eigenvalue weighted by molar-refractivity contribution is 14.0. The van der Waals surface area contributed by atoms with Crippen molar-refractivity contribution in [2.75, 3.05) is 46.5 Å². The van der Waals surface area contributed by atoms with Crippen LogP contribution >= 0.6 is 24.0 Å². The predicted octanol–water partition coefficient (Wildman–Crippen LogP) is 2.98. The first kappa shape index (κ1) is 25.3. The fourth-order valence-corrected chi connectivity index (χ4v) is 3.36. The zero-order chi connectivity index (χ0) is 21.2. The van der Waals surface area contributed by atoms with Gasteiger partial charge in [0.2, 0.25) is 5.88 Å². The van der Waals surface area contributed by atoms with Gasteiger partial charge < -0.3 is 20.1 Å². The van der Waals surface area contributed by atoms with Crippen LogP contribution in [0.2, 0.25) is 0 Å². The Labute approximate surface area is 200 Å². The van der Waals surface area contributed by atoms with Gasteiger partial charge >= 0.3 is 0 Å². The summed E-state index contributed by atoms with van der Waals surface area (Å²) in [7, 11) is 1.60. The molecule has 0 bridgehead atoms. The van der Waals surface area contributed by atoms with Crippen molar-refractivity contribution in [3.8, 4) is 5.88 Å². The van der Waals surface area contributed by atoms with E-state index in [1.807, 2.05) is 31.2 Å². The molecule has 3 rings (SSSR count). The summed E-state index contributed by atoms with van der Waals surface area (Å²) in [6, 6.07) is 10.6. The van der Waals surface area contributed by atoms with Crippen LogP contribution in [0.3, 0.4) is 0 Å². The average Bonchev–Trinajstić information content (AvgIpc) is 2.79. The average molecular weight is 543 g/mol. The second-order valence-electron chi connectivity index (χ2n) is 7.00. The number of pyridine rings is 1. The maximum absolute atomic E-state index is 13.4. The molecule has 2 aromatic rings. The summed E-state index contributed by atoms with van der Waals surface area (Å²) < 4.78 is 24.0. The lowest BCUT2D eigenvalue weighted by atomic mass is 10.0. The van der Waals surface area contributed by atoms with E-state index in [0.717, 1.165) is 36.7 Å². The lowest BCUT2D eigenvalue weighted by molar-refractivity contribution is 0.0170. The van der Waals surface area contributed by atoms with Gasteiger partial charge in [-0.05, 0) is 30.2 Å². The third-order valence-electron chi connectivity index (χ3n) is 4.97. The molecule has 1 fully saturated rings. The second-order valence-corrected chi connectivity index (χ2v) is 7.00. The zero-order valence-electron chi connectivity index (χ0n) is 18.0. The molecule has 0 aliphatic carbocycles. The highest BCUT2D eigenvalue weighted by atomic mass is 127. The van der Waals surface area contributed by atoms with E-state index in [4.69, 9.17) is 9.47 Å². The molecule has 1 unspecified atom stereocenters. The van der Waals surface area contributed by atoms with Crippen molar-refractivity contribution < 1.29 is 13.9 Å². The molecule has 7 nitrogen and oxygen atoms in total. The molecule has 1 aromatic carbocycles. The smallest absolute Gasteiger partial charge is 0.212 e. The van der Waals surface area contributed by atoms with E-state index in [-0.39, 0.29) is 35.8 Å². The molecule has 1 atom stereocenters. The Hall–Kier alpha value is -1.98. The molecule has 1 aromatic heterocycles. The van der Waals surface area contributed by atoms with Crippen LogP contribution in [0.5, 0.6) is 5.88 Å². The number of benzene rings is 1. The number of nitrogens with zero attached hydrogens (tertiary/aromatic N) is 3. The zero-order valence-corrected chi connectivity index (χ0v) is 20.3. The number of ether oxygens (including phenoxy) is 2. The Morgan fingerprint density at radius 3 is 2.55 bits per heavy atom. The van der Waals surface area contributed by atoms with Crippen LogP contribution in [-0.4, -0.2) is 62.3 Å². The van der Waals surface area contributed by atoms with Gasteiger partial charge in [-0.15, -0.1) is 24.0 Å². The number of nitrogens with one attached hydrogen (secondary N) is 2. The number of methoxy groups -OCH3 is 1. The molecular weight excluding hydrogens is 512 g/mol. The van der Waals surface area contributed by atoms with Gasteiger partial charge in [0.15, 0.2) is 5.96 Å². The van der Waals surface area contributed by atoms with Crippen molar-refractivity contribution in [3.63, 3.8) is 0 Å². The van der Waals surface area contributed by atoms with Crippen LogP contribution in [0.25, 0.3) is 0 Å². The predicted molar refractivity (Wildman–Crippen MR) is 131 cm³/mol. The van der Waals surface area contributed by atoms with Gasteiger partial charge in [0.05, 0.1) is 32.9 Å². The van der Waals surface area contributed by atoms with Crippen LogP contribution < -0.4 is 15.4 Å². The highest BCUT2D eigenvalue weighted by Crippen LogP contribution is 2.21. The summed E-state index contributed by atoms with van der Waals surface area (Å²) in [5, 5.41) is 6.73. The van der Waals surface area contributed by atoms with E-state index in [9.17, 15) is 4.39 Å². The molecule has 0 saturated carbocycles. The van der Waals surface area contributed by atoms with E-state index >= 15 is 0 Å². The molecule has 0 radical (unpaired) electrons. The van der Waals surface area contributed by atoms with Gasteiger partial charge in [-0.3, -0.25) is 4.90 Å². The lowest BCUT2D eigenvalue weighted by Gasteiger charge is -2.35. The van der Waals surface area contributed by atoms with Crippen LogP contribution in [0.15, 0.2) is 47.6 Å². The molecular formula is C22H31FIN5O2. The topological polar surface area (TPSA) is 71.0 Å². The monoisotopic (exact) mass is 543 g/mol. The van der Waals surface area contributed by atoms with Gasteiger partial charge in [0.1, 0.15) is 5.82 Å². The van der Waals surface area contributed by atoms with Gasteiger partial charge in [0, 0.05) is 38.4 Å². The first-order chi connectivity index (χ1) is 14.7. The number of aliphatic imine (C=N–C) groups is 1. The fraction of sp³-hybridized carbons (Fsp3) is 0.455. The molecule has 0 amide bonds. The lowest BCUT2D eigenvalue weighted by Crippen LogP contribution is -2.46.